The molecule has 0 bridgehead atoms. The fourth-order valence-corrected chi connectivity index (χ4v) is 11.0. The van der Waals surface area contributed by atoms with Crippen molar-refractivity contribution in [2.45, 2.75) is 45.1 Å². The van der Waals surface area contributed by atoms with Crippen LogP contribution in [0.5, 0.6) is 5.75 Å². The second kappa shape index (κ2) is 18.9. The van der Waals surface area contributed by atoms with Gasteiger partial charge in [0.2, 0.25) is 17.8 Å². The fraction of sp³-hybridized carbons (Fsp3) is 0.396. The van der Waals surface area contributed by atoms with Crippen LogP contribution in [0, 0.1) is 17.0 Å². The Morgan fingerprint density at radius 1 is 0.884 bits per heavy atom. The second-order valence-electron chi connectivity index (χ2n) is 18.8. The molecule has 3 saturated heterocycles. The molecular weight excluding hydrogens is 975 g/mol. The Morgan fingerprint density at radius 2 is 1.59 bits per heavy atom. The predicted octanol–water partition coefficient (Wildman–Crippen LogP) is 6.88. The molecule has 2 aromatic heterocycles. The number of carbonyl (C=O) groups is 4. The summed E-state index contributed by atoms with van der Waals surface area (Å²) in [4.78, 5) is 67.8. The fourth-order valence-electron chi connectivity index (χ4n) is 9.61. The number of hydrogen-bond acceptors (Lipinski definition) is 14. The minimum absolute atomic E-state index is 0.00585. The number of aromatic nitrogens is 4. The number of aryl methyl sites for hydroxylation is 1. The Morgan fingerprint density at radius 3 is 2.26 bits per heavy atom. The van der Waals surface area contributed by atoms with Crippen LogP contribution in [-0.2, 0) is 21.2 Å². The van der Waals surface area contributed by atoms with Gasteiger partial charge in [0.25, 0.3) is 11.8 Å². The standard InChI is InChI=1S/C48H53BrF2N11O6P/c1-48(11-14-60(15-12-48)39-23-32-31(21-34(39)51)45(65)62(46(32)66)37-8-9-42(63)56-44(37)64)10-13-59-16-18-61(19-17-59)38-24-40(68-3)36(22-30(38)28-25-53-58(2)27-28)55-47-52-26-33(49)43(57-47)54-35-7-6-29(50)20-41(35)69(4,5)67/h6-7,20-27,37H,8-19H2,1-5H3,(H,56,63,64)(H2,52,54,55,57). The molecule has 362 valence electrons. The molecule has 1 atom stereocenters. The zero-order valence-electron chi connectivity index (χ0n) is 38.9. The monoisotopic (exact) mass is 1030 g/mol. The van der Waals surface area contributed by atoms with Crippen LogP contribution in [0.2, 0.25) is 0 Å². The summed E-state index contributed by atoms with van der Waals surface area (Å²) in [6, 6.07) is 9.58. The van der Waals surface area contributed by atoms with Crippen LogP contribution < -0.4 is 35.8 Å². The number of benzene rings is 3. The molecule has 69 heavy (non-hydrogen) atoms. The zero-order chi connectivity index (χ0) is 48.9. The summed E-state index contributed by atoms with van der Waals surface area (Å²) in [5, 5.41) is 13.6. The van der Waals surface area contributed by atoms with Crippen LogP contribution in [0.1, 0.15) is 59.7 Å². The molecule has 4 aliphatic heterocycles. The average molecular weight is 1030 g/mol. The van der Waals surface area contributed by atoms with Crippen LogP contribution in [0.15, 0.2) is 65.5 Å². The number of rotatable bonds is 13. The summed E-state index contributed by atoms with van der Waals surface area (Å²) < 4.78 is 51.2. The highest BCUT2D eigenvalue weighted by molar-refractivity contribution is 9.10. The van der Waals surface area contributed by atoms with Crippen molar-refractivity contribution < 1.29 is 37.3 Å². The number of ether oxygens (including phenoxy) is 1. The van der Waals surface area contributed by atoms with Crippen LogP contribution in [0.3, 0.4) is 0 Å². The number of nitrogens with zero attached hydrogens (tertiary/aromatic N) is 8. The van der Waals surface area contributed by atoms with E-state index in [-0.39, 0.29) is 41.0 Å². The van der Waals surface area contributed by atoms with Crippen molar-refractivity contribution >= 4 is 86.5 Å². The van der Waals surface area contributed by atoms with Crippen molar-refractivity contribution in [3.8, 4) is 16.9 Å². The van der Waals surface area contributed by atoms with E-state index in [1.54, 1.807) is 37.4 Å². The smallest absolute Gasteiger partial charge is 0.262 e. The van der Waals surface area contributed by atoms with E-state index in [2.05, 4.69) is 58.7 Å². The molecular formula is C48H53BrF2N11O6P. The third-order valence-electron chi connectivity index (χ3n) is 13.7. The Balaban J connectivity index is 0.842. The molecule has 3 N–H and O–H groups in total. The van der Waals surface area contributed by atoms with Crippen molar-refractivity contribution in [1.82, 2.24) is 34.9 Å². The lowest BCUT2D eigenvalue weighted by Gasteiger charge is -2.43. The zero-order valence-corrected chi connectivity index (χ0v) is 41.4. The summed E-state index contributed by atoms with van der Waals surface area (Å²) in [5.74, 6) is -2.39. The Hall–Kier alpha value is -6.24. The molecule has 1 unspecified atom stereocenters. The number of halogens is 3. The summed E-state index contributed by atoms with van der Waals surface area (Å²) in [6.07, 6.45) is 8.00. The van der Waals surface area contributed by atoms with Gasteiger partial charge in [-0.15, -0.1) is 0 Å². The van der Waals surface area contributed by atoms with Crippen molar-refractivity contribution in [2.24, 2.45) is 12.5 Å². The molecule has 21 heteroatoms. The second-order valence-corrected chi connectivity index (χ2v) is 22.8. The lowest BCUT2D eigenvalue weighted by Crippen LogP contribution is -2.54. The van der Waals surface area contributed by atoms with Crippen LogP contribution in [0.4, 0.5) is 43.3 Å². The van der Waals surface area contributed by atoms with Gasteiger partial charge in [0, 0.05) is 93.3 Å². The van der Waals surface area contributed by atoms with Gasteiger partial charge < -0.3 is 29.7 Å². The summed E-state index contributed by atoms with van der Waals surface area (Å²) in [7, 11) is 0.639. The molecule has 0 spiro atoms. The largest absolute Gasteiger partial charge is 0.494 e. The highest BCUT2D eigenvalue weighted by Gasteiger charge is 2.45. The highest BCUT2D eigenvalue weighted by atomic mass is 79.9. The number of hydrogen-bond donors (Lipinski definition) is 3. The number of anilines is 6. The molecule has 0 saturated carbocycles. The van der Waals surface area contributed by atoms with E-state index in [1.165, 1.54) is 18.2 Å². The number of fused-ring (bicyclic) bond motifs is 1. The maximum Gasteiger partial charge on any atom is 0.262 e. The van der Waals surface area contributed by atoms with E-state index >= 15 is 4.39 Å². The molecule has 0 radical (unpaired) electrons. The van der Waals surface area contributed by atoms with Gasteiger partial charge in [-0.1, -0.05) is 6.92 Å². The number of imide groups is 2. The topological polar surface area (TPSA) is 187 Å². The third-order valence-corrected chi connectivity index (χ3v) is 15.8. The average Bonchev–Trinajstić information content (AvgIpc) is 3.85. The lowest BCUT2D eigenvalue weighted by atomic mass is 9.77. The molecule has 17 nitrogen and oxygen atoms in total. The molecule has 3 aromatic carbocycles. The van der Waals surface area contributed by atoms with Crippen molar-refractivity contribution in [3.63, 3.8) is 0 Å². The van der Waals surface area contributed by atoms with E-state index in [4.69, 9.17) is 9.72 Å². The van der Waals surface area contributed by atoms with Crippen LogP contribution in [0.25, 0.3) is 11.1 Å². The van der Waals surface area contributed by atoms with Gasteiger partial charge in [-0.05, 0) is 103 Å². The Bertz CT molecular complexity index is 2930. The predicted molar refractivity (Wildman–Crippen MR) is 263 cm³/mol. The number of nitrogens with one attached hydrogen (secondary N) is 3. The summed E-state index contributed by atoms with van der Waals surface area (Å²) >= 11 is 3.51. The number of piperidine rings is 2. The molecule has 0 aliphatic carbocycles. The third kappa shape index (κ3) is 9.83. The normalized spacial score (nSPS) is 18.7. The van der Waals surface area contributed by atoms with Gasteiger partial charge >= 0.3 is 0 Å². The van der Waals surface area contributed by atoms with Gasteiger partial charge in [-0.3, -0.25) is 39.0 Å². The molecule has 6 heterocycles. The first-order valence-electron chi connectivity index (χ1n) is 22.8. The molecule has 9 rings (SSSR count). The first kappa shape index (κ1) is 47.8. The number of amides is 4. The maximum absolute atomic E-state index is 15.7. The lowest BCUT2D eigenvalue weighted by molar-refractivity contribution is -0.136. The first-order chi connectivity index (χ1) is 32.9. The molecule has 3 fully saturated rings. The van der Waals surface area contributed by atoms with E-state index in [0.29, 0.717) is 45.8 Å². The van der Waals surface area contributed by atoms with E-state index in [9.17, 15) is 28.1 Å². The Kier molecular flexibility index (Phi) is 13.1. The number of piperazine rings is 1. The number of methoxy groups -OCH3 is 1. The van der Waals surface area contributed by atoms with Crippen molar-refractivity contribution in [2.75, 3.05) is 86.7 Å². The summed E-state index contributed by atoms with van der Waals surface area (Å²) in [5.41, 5.74) is 4.21. The molecule has 5 aromatic rings. The SMILES string of the molecule is COc1cc(N2CCN(CCC3(C)CCN(c4cc5c(cc4F)C(=O)N(C4CCC(=O)NC4=O)C5=O)CC3)CC2)c(-c2cnn(C)c2)cc1Nc1ncc(Br)c(Nc2ccc(F)cc2P(C)(C)=O)n1. The first-order valence-corrected chi connectivity index (χ1v) is 26.2. The minimum atomic E-state index is -2.85. The van der Waals surface area contributed by atoms with Crippen molar-refractivity contribution in [1.29, 1.82) is 0 Å². The van der Waals surface area contributed by atoms with Gasteiger partial charge in [0.1, 0.15) is 36.4 Å². The highest BCUT2D eigenvalue weighted by Crippen LogP contribution is 2.43. The quantitative estimate of drug-likeness (QED) is 0.0818. The van der Waals surface area contributed by atoms with E-state index < -0.39 is 48.4 Å². The van der Waals surface area contributed by atoms with Gasteiger partial charge in [0.05, 0.1) is 46.0 Å². The Labute approximate surface area is 406 Å². The van der Waals surface area contributed by atoms with Gasteiger partial charge in [-0.2, -0.15) is 10.1 Å². The summed E-state index contributed by atoms with van der Waals surface area (Å²) in [6.45, 7) is 10.7. The number of carbonyl (C=O) groups excluding carboxylic acids is 4. The van der Waals surface area contributed by atoms with E-state index in [0.717, 1.165) is 79.8 Å². The van der Waals surface area contributed by atoms with Crippen molar-refractivity contribution in [3.05, 3.63) is 88.3 Å². The maximum atomic E-state index is 15.7. The van der Waals surface area contributed by atoms with Crippen LogP contribution >= 0.6 is 23.1 Å². The van der Waals surface area contributed by atoms with Gasteiger partial charge in [0.15, 0.2) is 0 Å². The minimum Gasteiger partial charge on any atom is -0.494 e. The van der Waals surface area contributed by atoms with Gasteiger partial charge in [-0.25, -0.2) is 13.8 Å². The molecule has 4 amide bonds. The van der Waals surface area contributed by atoms with E-state index in [1.807, 2.05) is 36.5 Å². The molecule has 4 aliphatic rings. The van der Waals surface area contributed by atoms with Crippen LogP contribution in [-0.4, -0.2) is 125 Å².